The number of ketones is 1. The molecule has 0 saturated heterocycles. The number of aryl methyl sites for hydroxylation is 2. The van der Waals surface area contributed by atoms with Crippen molar-refractivity contribution in [3.63, 3.8) is 0 Å². The normalized spacial score (nSPS) is 10.8. The molecule has 1 N–H and O–H groups in total. The average molecular weight is 405 g/mol. The third-order valence-corrected chi connectivity index (χ3v) is 5.30. The molecule has 30 heavy (non-hydrogen) atoms. The van der Waals surface area contributed by atoms with Gasteiger partial charge in [0.1, 0.15) is 6.54 Å². The molecule has 0 bridgehead atoms. The molecule has 0 spiro atoms. The Morgan fingerprint density at radius 3 is 2.40 bits per heavy atom. The Balaban J connectivity index is 1.92. The van der Waals surface area contributed by atoms with Crippen molar-refractivity contribution in [2.24, 2.45) is 0 Å². The molecule has 0 aliphatic carbocycles. The average Bonchev–Trinajstić information content (AvgIpc) is 3.09. The number of hydrogen-bond donors (Lipinski definition) is 1. The van der Waals surface area contributed by atoms with Crippen LogP contribution in [-0.2, 0) is 16.1 Å². The van der Waals surface area contributed by atoms with Gasteiger partial charge < -0.3 is 14.8 Å². The number of benzene rings is 2. The molecular weight excluding hydrogens is 378 g/mol. The highest BCUT2D eigenvalue weighted by Crippen LogP contribution is 2.23. The van der Waals surface area contributed by atoms with Crippen LogP contribution < -0.4 is 5.32 Å². The summed E-state index contributed by atoms with van der Waals surface area (Å²) in [5, 5.41) is 3.39. The van der Waals surface area contributed by atoms with Crippen LogP contribution in [0.4, 0.5) is 5.69 Å². The van der Waals surface area contributed by atoms with Crippen molar-refractivity contribution < 1.29 is 14.4 Å². The van der Waals surface area contributed by atoms with Crippen LogP contribution in [-0.4, -0.2) is 40.2 Å². The molecule has 0 radical (unpaired) electrons. The predicted molar refractivity (Wildman–Crippen MR) is 119 cm³/mol. The first-order chi connectivity index (χ1) is 14.3. The number of Topliss-reactive ketones (excluding diaryl/α,β-unsaturated/α-hetero) is 1. The lowest BCUT2D eigenvalue weighted by atomic mass is 10.1. The number of anilines is 1. The van der Waals surface area contributed by atoms with Gasteiger partial charge in [-0.1, -0.05) is 30.3 Å². The summed E-state index contributed by atoms with van der Waals surface area (Å²) >= 11 is 0. The Labute approximate surface area is 176 Å². The fraction of sp³-hybridized carbons (Fsp3) is 0.292. The topological polar surface area (TPSA) is 71.4 Å². The molecule has 0 aliphatic heterocycles. The van der Waals surface area contributed by atoms with Gasteiger partial charge in [0, 0.05) is 35.9 Å². The fourth-order valence-corrected chi connectivity index (χ4v) is 3.55. The van der Waals surface area contributed by atoms with E-state index in [4.69, 9.17) is 0 Å². The first kappa shape index (κ1) is 21.3. The van der Waals surface area contributed by atoms with E-state index in [2.05, 4.69) is 5.32 Å². The largest absolute Gasteiger partial charge is 0.342 e. The van der Waals surface area contributed by atoms with Crippen LogP contribution in [0.2, 0.25) is 0 Å². The first-order valence-electron chi connectivity index (χ1n) is 10.1. The van der Waals surface area contributed by atoms with Gasteiger partial charge in [-0.3, -0.25) is 14.4 Å². The Kier molecular flexibility index (Phi) is 6.35. The van der Waals surface area contributed by atoms with Gasteiger partial charge in [-0.2, -0.15) is 0 Å². The number of para-hydroxylation sites is 1. The molecule has 3 rings (SSSR count). The lowest BCUT2D eigenvalue weighted by Gasteiger charge is -2.19. The summed E-state index contributed by atoms with van der Waals surface area (Å²) in [4.78, 5) is 40.0. The van der Waals surface area contributed by atoms with Gasteiger partial charge in [0.2, 0.25) is 5.91 Å². The van der Waals surface area contributed by atoms with E-state index in [9.17, 15) is 14.4 Å². The van der Waals surface area contributed by atoms with E-state index < -0.39 is 11.7 Å². The van der Waals surface area contributed by atoms with Crippen molar-refractivity contribution in [3.8, 4) is 0 Å². The molecule has 2 amide bonds. The van der Waals surface area contributed by atoms with Crippen molar-refractivity contribution in [1.29, 1.82) is 0 Å². The Morgan fingerprint density at radius 2 is 1.70 bits per heavy atom. The quantitative estimate of drug-likeness (QED) is 0.478. The lowest BCUT2D eigenvalue weighted by molar-refractivity contribution is -0.131. The number of amides is 2. The summed E-state index contributed by atoms with van der Waals surface area (Å²) in [7, 11) is 0. The Bertz CT molecular complexity index is 1110. The zero-order valence-corrected chi connectivity index (χ0v) is 17.9. The van der Waals surface area contributed by atoms with Crippen LogP contribution in [0.1, 0.15) is 35.3 Å². The van der Waals surface area contributed by atoms with Crippen molar-refractivity contribution >= 4 is 34.2 Å². The van der Waals surface area contributed by atoms with Crippen molar-refractivity contribution in [3.05, 3.63) is 65.4 Å². The molecule has 0 unspecified atom stereocenters. The second-order valence-electron chi connectivity index (χ2n) is 7.36. The van der Waals surface area contributed by atoms with Crippen LogP contribution in [0.5, 0.6) is 0 Å². The van der Waals surface area contributed by atoms with Crippen molar-refractivity contribution in [2.75, 3.05) is 18.4 Å². The number of likely N-dealkylation sites (N-methyl/N-ethyl adjacent to an activating group) is 1. The molecule has 1 heterocycles. The van der Waals surface area contributed by atoms with Crippen LogP contribution in [0.25, 0.3) is 10.9 Å². The lowest BCUT2D eigenvalue weighted by Crippen LogP contribution is -2.33. The number of carbonyl (C=O) groups excluding carboxylic acids is 3. The van der Waals surface area contributed by atoms with E-state index in [0.29, 0.717) is 29.7 Å². The Morgan fingerprint density at radius 1 is 1.00 bits per heavy atom. The maximum absolute atomic E-state index is 13.0. The summed E-state index contributed by atoms with van der Waals surface area (Å²) in [6.07, 6.45) is 1.61. The van der Waals surface area contributed by atoms with E-state index in [1.54, 1.807) is 21.7 Å². The molecule has 0 saturated carbocycles. The number of aromatic nitrogens is 1. The number of fused-ring (bicyclic) bond motifs is 1. The molecule has 2 aromatic carbocycles. The summed E-state index contributed by atoms with van der Waals surface area (Å²) in [6, 6.07) is 13.0. The zero-order valence-electron chi connectivity index (χ0n) is 17.9. The van der Waals surface area contributed by atoms with E-state index in [1.165, 1.54) is 0 Å². The molecule has 6 heteroatoms. The second kappa shape index (κ2) is 8.95. The number of carbonyl (C=O) groups is 3. The van der Waals surface area contributed by atoms with E-state index in [0.717, 1.165) is 16.6 Å². The predicted octanol–water partition coefficient (Wildman–Crippen LogP) is 3.95. The number of rotatable bonds is 7. The standard InChI is InChI=1S/C24H27N3O3/c1-5-26(6-2)22(28)15-27-14-19(18-9-7-8-10-21(18)27)23(29)24(30)25-20-13-16(3)11-12-17(20)4/h7-14H,5-6,15H2,1-4H3,(H,25,30). The van der Waals surface area contributed by atoms with Gasteiger partial charge in [-0.05, 0) is 51.0 Å². The first-order valence-corrected chi connectivity index (χ1v) is 10.1. The molecular formula is C24H27N3O3. The Hall–Kier alpha value is -3.41. The van der Waals surface area contributed by atoms with Gasteiger partial charge in [0.25, 0.3) is 11.7 Å². The number of nitrogens with zero attached hydrogens (tertiary/aromatic N) is 2. The molecule has 156 valence electrons. The minimum Gasteiger partial charge on any atom is -0.342 e. The molecule has 3 aromatic rings. The smallest absolute Gasteiger partial charge is 0.296 e. The van der Waals surface area contributed by atoms with E-state index in [-0.39, 0.29) is 12.5 Å². The van der Waals surface area contributed by atoms with Crippen LogP contribution in [0, 0.1) is 13.8 Å². The molecule has 0 atom stereocenters. The zero-order chi connectivity index (χ0) is 21.8. The number of hydrogen-bond acceptors (Lipinski definition) is 3. The van der Waals surface area contributed by atoms with Gasteiger partial charge in [-0.25, -0.2) is 0 Å². The second-order valence-corrected chi connectivity index (χ2v) is 7.36. The third-order valence-electron chi connectivity index (χ3n) is 5.30. The molecule has 0 aliphatic rings. The summed E-state index contributed by atoms with van der Waals surface area (Å²) < 4.78 is 1.74. The molecule has 0 fully saturated rings. The minimum absolute atomic E-state index is 0.0282. The van der Waals surface area contributed by atoms with Gasteiger partial charge in [-0.15, -0.1) is 0 Å². The van der Waals surface area contributed by atoms with E-state index >= 15 is 0 Å². The summed E-state index contributed by atoms with van der Waals surface area (Å²) in [5.74, 6) is -1.34. The maximum Gasteiger partial charge on any atom is 0.296 e. The number of nitrogens with one attached hydrogen (secondary N) is 1. The van der Waals surface area contributed by atoms with Crippen molar-refractivity contribution in [2.45, 2.75) is 34.2 Å². The van der Waals surface area contributed by atoms with Gasteiger partial charge >= 0.3 is 0 Å². The maximum atomic E-state index is 13.0. The fourth-order valence-electron chi connectivity index (χ4n) is 3.55. The highest BCUT2D eigenvalue weighted by Gasteiger charge is 2.23. The minimum atomic E-state index is -0.693. The van der Waals surface area contributed by atoms with Crippen molar-refractivity contribution in [1.82, 2.24) is 9.47 Å². The van der Waals surface area contributed by atoms with Crippen LogP contribution in [0.15, 0.2) is 48.7 Å². The molecule has 6 nitrogen and oxygen atoms in total. The van der Waals surface area contributed by atoms with Gasteiger partial charge in [0.05, 0.1) is 5.56 Å². The van der Waals surface area contributed by atoms with Gasteiger partial charge in [0.15, 0.2) is 0 Å². The van der Waals surface area contributed by atoms with Crippen LogP contribution in [0.3, 0.4) is 0 Å². The highest BCUT2D eigenvalue weighted by atomic mass is 16.2. The van der Waals surface area contributed by atoms with Crippen LogP contribution >= 0.6 is 0 Å². The SMILES string of the molecule is CCN(CC)C(=O)Cn1cc(C(=O)C(=O)Nc2cc(C)ccc2C)c2ccccc21. The molecule has 1 aromatic heterocycles. The summed E-state index contributed by atoms with van der Waals surface area (Å²) in [6.45, 7) is 9.04. The highest BCUT2D eigenvalue weighted by molar-refractivity contribution is 6.48. The monoisotopic (exact) mass is 405 g/mol. The third kappa shape index (κ3) is 4.27. The summed E-state index contributed by atoms with van der Waals surface area (Å²) in [5.41, 5.74) is 3.54. The van der Waals surface area contributed by atoms with E-state index in [1.807, 2.05) is 64.1 Å².